The van der Waals surface area contributed by atoms with Crippen LogP contribution in [0.4, 0.5) is 0 Å². The molecule has 0 rings (SSSR count). The molecule has 0 saturated carbocycles. The van der Waals surface area contributed by atoms with E-state index in [1.165, 1.54) is 0 Å². The van der Waals surface area contributed by atoms with Gasteiger partial charge in [-0.05, 0) is 0 Å². The van der Waals surface area contributed by atoms with E-state index in [0.717, 1.165) is 0 Å². The summed E-state index contributed by atoms with van der Waals surface area (Å²) < 4.78 is 8.55. The van der Waals surface area contributed by atoms with Crippen LogP contribution in [0.5, 0.6) is 0 Å². The molecule has 0 aliphatic heterocycles. The molecule has 0 aromatic heterocycles. The molecule has 0 aromatic rings. The topological polar surface area (TPSA) is 86.2 Å². The van der Waals surface area contributed by atoms with Crippen molar-refractivity contribution in [3.8, 4) is 0 Å². The predicted molar refractivity (Wildman–Crippen MR) is 19.1 cm³/mol. The van der Waals surface area contributed by atoms with E-state index in [2.05, 4.69) is 0 Å². The molecule has 7 heavy (non-hydrogen) atoms. The standard InChI is InChI=1S/H3O4P.2Sn/c1-5(2,3)4;;/h(H3,1,2,3,4);;/q;2*+4/p-3. The zero-order valence-electron chi connectivity index (χ0n) is 3.08. The molecule has 4 nitrogen and oxygen atoms in total. The van der Waals surface area contributed by atoms with Crippen LogP contribution >= 0.6 is 7.82 Å². The van der Waals surface area contributed by atoms with Crippen molar-refractivity contribution < 1.29 is 19.2 Å². The van der Waals surface area contributed by atoms with Crippen molar-refractivity contribution in [1.29, 1.82) is 0 Å². The number of hydrogen-bond acceptors (Lipinski definition) is 4. The molecule has 0 saturated heterocycles. The second kappa shape index (κ2) is 5.84. The summed E-state index contributed by atoms with van der Waals surface area (Å²) in [6, 6.07) is 0. The molecule has 0 fully saturated rings. The minimum absolute atomic E-state index is 0. The van der Waals surface area contributed by atoms with Crippen LogP contribution in [0, 0.1) is 0 Å². The predicted octanol–water partition coefficient (Wildman–Crippen LogP) is -3.59. The van der Waals surface area contributed by atoms with E-state index in [-0.39, 0.29) is 47.8 Å². The van der Waals surface area contributed by atoms with Crippen LogP contribution in [0.25, 0.3) is 0 Å². The summed E-state index contributed by atoms with van der Waals surface area (Å²) in [7, 11) is -5.39. The molecule has 7 heteroatoms. The van der Waals surface area contributed by atoms with Gasteiger partial charge in [0.2, 0.25) is 0 Å². The second-order valence-electron chi connectivity index (χ2n) is 0.447. The first-order chi connectivity index (χ1) is 2.00. The Balaban J connectivity index is -0.0000000800. The Hall–Kier alpha value is 1.71. The summed E-state index contributed by atoms with van der Waals surface area (Å²) in [4.78, 5) is 25.6. The van der Waals surface area contributed by atoms with Gasteiger partial charge in [-0.15, -0.1) is 0 Å². The van der Waals surface area contributed by atoms with Crippen molar-refractivity contribution >= 4 is 55.6 Å². The molecule has 0 N–H and O–H groups in total. The molecule has 0 atom stereocenters. The molecular weight excluding hydrogens is 332 g/mol. The summed E-state index contributed by atoms with van der Waals surface area (Å²) >= 11 is 0. The second-order valence-corrected chi connectivity index (χ2v) is 1.34. The van der Waals surface area contributed by atoms with E-state index in [9.17, 15) is 0 Å². The fraction of sp³-hybridized carbons (Fsp3) is 0. The maximum atomic E-state index is 8.55. The molecular formula is O4PSn2+5. The van der Waals surface area contributed by atoms with Crippen molar-refractivity contribution in [3.63, 3.8) is 0 Å². The SMILES string of the molecule is O=P([O-])([O-])[O-].[Sn+4].[Sn+4]. The molecule has 0 aliphatic rings. The van der Waals surface area contributed by atoms with Crippen LogP contribution < -0.4 is 14.7 Å². The molecule has 0 aliphatic carbocycles. The van der Waals surface area contributed by atoms with Gasteiger partial charge in [-0.2, -0.15) is 7.82 Å². The van der Waals surface area contributed by atoms with Crippen molar-refractivity contribution in [3.05, 3.63) is 0 Å². The molecule has 0 aromatic carbocycles. The van der Waals surface area contributed by atoms with Gasteiger partial charge in [0.25, 0.3) is 0 Å². The largest absolute Gasteiger partial charge is 4.00 e. The summed E-state index contributed by atoms with van der Waals surface area (Å²) in [5.74, 6) is 0. The first kappa shape index (κ1) is 15.9. The van der Waals surface area contributed by atoms with Crippen molar-refractivity contribution in [2.75, 3.05) is 0 Å². The molecule has 0 radical (unpaired) electrons. The van der Waals surface area contributed by atoms with Crippen LogP contribution in [0.15, 0.2) is 0 Å². The van der Waals surface area contributed by atoms with Gasteiger partial charge in [0.15, 0.2) is 0 Å². The van der Waals surface area contributed by atoms with Crippen molar-refractivity contribution in [2.45, 2.75) is 0 Å². The van der Waals surface area contributed by atoms with Gasteiger partial charge >= 0.3 is 47.8 Å². The summed E-state index contributed by atoms with van der Waals surface area (Å²) in [6.45, 7) is 0. The first-order valence-corrected chi connectivity index (χ1v) is 2.19. The Labute approximate surface area is 74.5 Å². The Morgan fingerprint density at radius 2 is 1.00 bits per heavy atom. The van der Waals surface area contributed by atoms with Crippen LogP contribution in [-0.4, -0.2) is 47.8 Å². The first-order valence-electron chi connectivity index (χ1n) is 0.730. The van der Waals surface area contributed by atoms with Crippen LogP contribution in [0.2, 0.25) is 0 Å². The molecule has 0 heterocycles. The zero-order valence-corrected chi connectivity index (χ0v) is 9.68. The average molecular weight is 332 g/mol. The third kappa shape index (κ3) is 86.1. The Kier molecular flexibility index (Phi) is 13.2. The fourth-order valence-electron chi connectivity index (χ4n) is 0. The summed E-state index contributed by atoms with van der Waals surface area (Å²) in [6.07, 6.45) is 0. The van der Waals surface area contributed by atoms with E-state index in [1.54, 1.807) is 0 Å². The van der Waals surface area contributed by atoms with Gasteiger partial charge in [-0.3, -0.25) is 0 Å². The molecule has 0 amide bonds. The normalized spacial score (nSPS) is 8.43. The Bertz CT molecular complexity index is 55.8. The minimum atomic E-state index is -5.39. The van der Waals surface area contributed by atoms with Gasteiger partial charge < -0.3 is 19.2 Å². The van der Waals surface area contributed by atoms with Crippen LogP contribution in [0.3, 0.4) is 0 Å². The van der Waals surface area contributed by atoms with Gasteiger partial charge in [-0.25, -0.2) is 0 Å². The summed E-state index contributed by atoms with van der Waals surface area (Å²) in [5.41, 5.74) is 0. The zero-order chi connectivity index (χ0) is 4.50. The van der Waals surface area contributed by atoms with E-state index in [1.807, 2.05) is 0 Å². The average Bonchev–Trinajstić information content (AvgIpc) is 0.722. The quantitative estimate of drug-likeness (QED) is 0.339. The van der Waals surface area contributed by atoms with Crippen molar-refractivity contribution in [1.82, 2.24) is 0 Å². The number of phosphoric acid groups is 1. The van der Waals surface area contributed by atoms with E-state index < -0.39 is 7.82 Å². The molecule has 0 unspecified atom stereocenters. The Morgan fingerprint density at radius 3 is 1.00 bits per heavy atom. The Morgan fingerprint density at radius 1 is 1.00 bits per heavy atom. The fourth-order valence-corrected chi connectivity index (χ4v) is 0. The monoisotopic (exact) mass is 335 g/mol. The smallest absolute Gasteiger partial charge is 0.822 e. The third-order valence-corrected chi connectivity index (χ3v) is 0. The maximum Gasteiger partial charge on any atom is 4.00 e. The van der Waals surface area contributed by atoms with Gasteiger partial charge in [0, 0.05) is 0 Å². The number of hydrogen-bond donors (Lipinski definition) is 0. The van der Waals surface area contributed by atoms with E-state index in [4.69, 9.17) is 19.2 Å². The number of rotatable bonds is 0. The van der Waals surface area contributed by atoms with E-state index >= 15 is 0 Å². The van der Waals surface area contributed by atoms with Gasteiger partial charge in [-0.1, -0.05) is 0 Å². The van der Waals surface area contributed by atoms with Gasteiger partial charge in [0.05, 0.1) is 0 Å². The molecule has 0 bridgehead atoms. The van der Waals surface area contributed by atoms with Crippen LogP contribution in [0.1, 0.15) is 0 Å². The molecule has 32 valence electrons. The van der Waals surface area contributed by atoms with Gasteiger partial charge in [0.1, 0.15) is 0 Å². The van der Waals surface area contributed by atoms with Crippen LogP contribution in [-0.2, 0) is 4.57 Å². The van der Waals surface area contributed by atoms with Crippen molar-refractivity contribution in [2.24, 2.45) is 0 Å². The van der Waals surface area contributed by atoms with E-state index in [0.29, 0.717) is 0 Å². The maximum absolute atomic E-state index is 8.55. The molecule has 0 spiro atoms. The summed E-state index contributed by atoms with van der Waals surface area (Å²) in [5, 5.41) is 0. The third-order valence-electron chi connectivity index (χ3n) is 0. The minimum Gasteiger partial charge on any atom is -0.822 e.